The van der Waals surface area contributed by atoms with Gasteiger partial charge in [0.25, 0.3) is 0 Å². The zero-order valence-electron chi connectivity index (χ0n) is 10.1. The first-order chi connectivity index (χ1) is 8.43. The Morgan fingerprint density at radius 3 is 2.78 bits per heavy atom. The SMILES string of the molecule is C[C@H](C#N)C[C@@H](NC(=O)[C@H]1CCC(=O)N1)C(N)=O. The van der Waals surface area contributed by atoms with E-state index < -0.39 is 23.9 Å². The van der Waals surface area contributed by atoms with Crippen molar-refractivity contribution >= 4 is 17.7 Å². The van der Waals surface area contributed by atoms with Crippen LogP contribution in [0.25, 0.3) is 0 Å². The third-order valence-corrected chi connectivity index (χ3v) is 2.78. The predicted octanol–water partition coefficient (Wildman–Crippen LogP) is -1.22. The van der Waals surface area contributed by atoms with Crippen molar-refractivity contribution in [1.82, 2.24) is 10.6 Å². The van der Waals surface area contributed by atoms with Crippen LogP contribution >= 0.6 is 0 Å². The predicted molar refractivity (Wildman–Crippen MR) is 61.7 cm³/mol. The summed E-state index contributed by atoms with van der Waals surface area (Å²) in [5.74, 6) is -1.69. The van der Waals surface area contributed by atoms with Gasteiger partial charge in [-0.15, -0.1) is 0 Å². The molecular weight excluding hydrogens is 236 g/mol. The van der Waals surface area contributed by atoms with E-state index in [1.165, 1.54) is 0 Å². The lowest BCUT2D eigenvalue weighted by Crippen LogP contribution is -2.51. The molecule has 1 aliphatic heterocycles. The second kappa shape index (κ2) is 6.00. The van der Waals surface area contributed by atoms with Gasteiger partial charge in [-0.1, -0.05) is 0 Å². The number of amides is 3. The number of nitriles is 1. The highest BCUT2D eigenvalue weighted by Gasteiger charge is 2.30. The zero-order valence-corrected chi connectivity index (χ0v) is 10.1. The maximum Gasteiger partial charge on any atom is 0.243 e. The second-order valence-electron chi connectivity index (χ2n) is 4.39. The van der Waals surface area contributed by atoms with E-state index in [0.29, 0.717) is 12.8 Å². The second-order valence-corrected chi connectivity index (χ2v) is 4.39. The molecule has 0 unspecified atom stereocenters. The molecule has 3 atom stereocenters. The van der Waals surface area contributed by atoms with Gasteiger partial charge in [0.2, 0.25) is 17.7 Å². The number of hydrogen-bond acceptors (Lipinski definition) is 4. The van der Waals surface area contributed by atoms with Crippen LogP contribution in [0.3, 0.4) is 0 Å². The van der Waals surface area contributed by atoms with Crippen molar-refractivity contribution in [2.24, 2.45) is 11.7 Å². The van der Waals surface area contributed by atoms with Crippen LogP contribution in [-0.2, 0) is 14.4 Å². The summed E-state index contributed by atoms with van der Waals surface area (Å²) in [6, 6.07) is 0.473. The molecule has 0 radical (unpaired) electrons. The smallest absolute Gasteiger partial charge is 0.243 e. The monoisotopic (exact) mass is 252 g/mol. The minimum atomic E-state index is -0.885. The molecule has 4 N–H and O–H groups in total. The van der Waals surface area contributed by atoms with Crippen LogP contribution in [0.15, 0.2) is 0 Å². The first-order valence-corrected chi connectivity index (χ1v) is 5.72. The van der Waals surface area contributed by atoms with Crippen molar-refractivity contribution in [2.45, 2.75) is 38.3 Å². The normalized spacial score (nSPS) is 21.6. The molecule has 7 heteroatoms. The Morgan fingerprint density at radius 2 is 2.33 bits per heavy atom. The molecule has 0 saturated carbocycles. The van der Waals surface area contributed by atoms with Crippen LogP contribution in [0.1, 0.15) is 26.2 Å². The van der Waals surface area contributed by atoms with Crippen molar-refractivity contribution < 1.29 is 14.4 Å². The lowest BCUT2D eigenvalue weighted by Gasteiger charge is -2.18. The molecule has 7 nitrogen and oxygen atoms in total. The Morgan fingerprint density at radius 1 is 1.67 bits per heavy atom. The van der Waals surface area contributed by atoms with Gasteiger partial charge in [-0.3, -0.25) is 14.4 Å². The fourth-order valence-corrected chi connectivity index (χ4v) is 1.74. The maximum absolute atomic E-state index is 11.8. The van der Waals surface area contributed by atoms with Gasteiger partial charge in [0, 0.05) is 12.3 Å². The molecule has 0 spiro atoms. The van der Waals surface area contributed by atoms with E-state index in [4.69, 9.17) is 11.0 Å². The first kappa shape index (κ1) is 14.0. The number of carbonyl (C=O) groups is 3. The topological polar surface area (TPSA) is 125 Å². The van der Waals surface area contributed by atoms with E-state index in [-0.39, 0.29) is 18.2 Å². The zero-order chi connectivity index (χ0) is 13.7. The van der Waals surface area contributed by atoms with Gasteiger partial charge in [0.1, 0.15) is 12.1 Å². The third-order valence-electron chi connectivity index (χ3n) is 2.78. The maximum atomic E-state index is 11.8. The fraction of sp³-hybridized carbons (Fsp3) is 0.636. The third kappa shape index (κ3) is 3.73. The molecule has 98 valence electrons. The van der Waals surface area contributed by atoms with E-state index in [0.717, 1.165) is 0 Å². The standard InChI is InChI=1S/C11H16N4O3/c1-6(5-12)4-8(10(13)17)15-11(18)7-2-3-9(16)14-7/h6-8H,2-4H2,1H3,(H2,13,17)(H,14,16)(H,15,18)/t6-,7+,8+/m0/s1. The Kier molecular flexibility index (Phi) is 4.66. The van der Waals surface area contributed by atoms with Crippen LogP contribution < -0.4 is 16.4 Å². The summed E-state index contributed by atoms with van der Waals surface area (Å²) >= 11 is 0. The van der Waals surface area contributed by atoms with E-state index in [1.807, 2.05) is 6.07 Å². The highest BCUT2D eigenvalue weighted by Crippen LogP contribution is 2.09. The number of nitrogens with two attached hydrogens (primary N) is 1. The highest BCUT2D eigenvalue weighted by atomic mass is 16.2. The molecule has 1 fully saturated rings. The minimum Gasteiger partial charge on any atom is -0.368 e. The van der Waals surface area contributed by atoms with Crippen LogP contribution in [-0.4, -0.2) is 29.8 Å². The molecule has 1 rings (SSSR count). The van der Waals surface area contributed by atoms with Crippen molar-refractivity contribution in [2.75, 3.05) is 0 Å². The minimum absolute atomic E-state index is 0.165. The van der Waals surface area contributed by atoms with Crippen molar-refractivity contribution in [1.29, 1.82) is 5.26 Å². The van der Waals surface area contributed by atoms with E-state index in [2.05, 4.69) is 10.6 Å². The molecule has 1 heterocycles. The molecular formula is C11H16N4O3. The van der Waals surface area contributed by atoms with E-state index in [9.17, 15) is 14.4 Å². The Labute approximate surface area is 105 Å². The molecule has 0 aromatic heterocycles. The molecule has 1 aliphatic rings. The Bertz CT molecular complexity index is 402. The average molecular weight is 252 g/mol. The van der Waals surface area contributed by atoms with Crippen LogP contribution in [0.2, 0.25) is 0 Å². The summed E-state index contributed by atoms with van der Waals surface area (Å²) in [6.07, 6.45) is 0.871. The lowest BCUT2D eigenvalue weighted by molar-refractivity contribution is -0.129. The number of primary amides is 1. The fourth-order valence-electron chi connectivity index (χ4n) is 1.74. The summed E-state index contributed by atoms with van der Waals surface area (Å²) in [5, 5.41) is 13.6. The first-order valence-electron chi connectivity index (χ1n) is 5.72. The van der Waals surface area contributed by atoms with E-state index in [1.54, 1.807) is 6.92 Å². The van der Waals surface area contributed by atoms with Crippen LogP contribution in [0, 0.1) is 17.2 Å². The summed E-state index contributed by atoms with van der Waals surface area (Å²) in [5.41, 5.74) is 5.16. The summed E-state index contributed by atoms with van der Waals surface area (Å²) < 4.78 is 0. The van der Waals surface area contributed by atoms with E-state index >= 15 is 0 Å². The van der Waals surface area contributed by atoms with Crippen molar-refractivity contribution in [3.05, 3.63) is 0 Å². The number of nitrogens with zero attached hydrogens (tertiary/aromatic N) is 1. The van der Waals surface area contributed by atoms with Gasteiger partial charge >= 0.3 is 0 Å². The van der Waals surface area contributed by atoms with Gasteiger partial charge in [-0.2, -0.15) is 5.26 Å². The number of hydrogen-bond donors (Lipinski definition) is 3. The molecule has 0 aliphatic carbocycles. The molecule has 18 heavy (non-hydrogen) atoms. The summed E-state index contributed by atoms with van der Waals surface area (Å²) in [7, 11) is 0. The molecule has 1 saturated heterocycles. The molecule has 0 aromatic rings. The van der Waals surface area contributed by atoms with Gasteiger partial charge in [0.05, 0.1) is 6.07 Å². The molecule has 0 bridgehead atoms. The van der Waals surface area contributed by atoms with Gasteiger partial charge in [-0.25, -0.2) is 0 Å². The van der Waals surface area contributed by atoms with Crippen LogP contribution in [0.5, 0.6) is 0 Å². The number of carbonyl (C=O) groups excluding carboxylic acids is 3. The van der Waals surface area contributed by atoms with Crippen LogP contribution in [0.4, 0.5) is 0 Å². The van der Waals surface area contributed by atoms with Gasteiger partial charge in [0.15, 0.2) is 0 Å². The van der Waals surface area contributed by atoms with Crippen molar-refractivity contribution in [3.8, 4) is 6.07 Å². The number of rotatable bonds is 5. The Hall–Kier alpha value is -2.10. The number of nitrogens with one attached hydrogen (secondary N) is 2. The van der Waals surface area contributed by atoms with Gasteiger partial charge in [-0.05, 0) is 19.8 Å². The summed E-state index contributed by atoms with van der Waals surface area (Å²) in [4.78, 5) is 33.9. The quantitative estimate of drug-likeness (QED) is 0.567. The largest absolute Gasteiger partial charge is 0.368 e. The molecule has 0 aromatic carbocycles. The van der Waals surface area contributed by atoms with Crippen molar-refractivity contribution in [3.63, 3.8) is 0 Å². The molecule has 3 amide bonds. The lowest BCUT2D eigenvalue weighted by atomic mass is 10.0. The Balaban J connectivity index is 2.56. The highest BCUT2D eigenvalue weighted by molar-refractivity contribution is 5.93. The average Bonchev–Trinajstić information content (AvgIpc) is 2.74. The summed E-state index contributed by atoms with van der Waals surface area (Å²) in [6.45, 7) is 1.64. The van der Waals surface area contributed by atoms with Gasteiger partial charge < -0.3 is 16.4 Å².